The molecule has 0 saturated heterocycles. The summed E-state index contributed by atoms with van der Waals surface area (Å²) < 4.78 is 0. The van der Waals surface area contributed by atoms with Crippen LogP contribution in [0.2, 0.25) is 0 Å². The third-order valence-corrected chi connectivity index (χ3v) is 3.33. The topological polar surface area (TPSA) is 40.5 Å². The van der Waals surface area contributed by atoms with Crippen LogP contribution >= 0.6 is 0 Å². The van der Waals surface area contributed by atoms with Crippen LogP contribution in [0.15, 0.2) is 60.7 Å². The molecule has 0 saturated carbocycles. The number of phenols is 2. The summed E-state index contributed by atoms with van der Waals surface area (Å²) in [6.45, 7) is 0. The Morgan fingerprint density at radius 3 is 2.05 bits per heavy atom. The van der Waals surface area contributed by atoms with Crippen LogP contribution in [0.4, 0.5) is 0 Å². The minimum Gasteiger partial charge on any atom is -0.507 e. The first kappa shape index (κ1) is 11.6. The van der Waals surface area contributed by atoms with E-state index in [9.17, 15) is 10.2 Å². The Balaban J connectivity index is 2.18. The van der Waals surface area contributed by atoms with Crippen molar-refractivity contribution in [1.29, 1.82) is 0 Å². The summed E-state index contributed by atoms with van der Waals surface area (Å²) in [6.07, 6.45) is 0.646. The fourth-order valence-electron chi connectivity index (χ4n) is 2.39. The summed E-state index contributed by atoms with van der Waals surface area (Å²) >= 11 is 0. The van der Waals surface area contributed by atoms with Gasteiger partial charge in [0, 0.05) is 23.4 Å². The minimum atomic E-state index is 0.116. The normalized spacial score (nSPS) is 10.7. The van der Waals surface area contributed by atoms with Crippen molar-refractivity contribution in [2.75, 3.05) is 0 Å². The van der Waals surface area contributed by atoms with E-state index in [1.165, 1.54) is 6.07 Å². The van der Waals surface area contributed by atoms with Crippen LogP contribution in [-0.2, 0) is 6.42 Å². The quantitative estimate of drug-likeness (QED) is 0.725. The summed E-state index contributed by atoms with van der Waals surface area (Å²) in [5.41, 5.74) is 1.98. The average Bonchev–Trinajstić information content (AvgIpc) is 2.45. The molecule has 19 heavy (non-hydrogen) atoms. The molecule has 0 heterocycles. The first-order valence-corrected chi connectivity index (χ1v) is 6.22. The Labute approximate surface area is 111 Å². The fraction of sp³-hybridized carbons (Fsp3) is 0.0588. The number of hydrogen-bond acceptors (Lipinski definition) is 2. The summed E-state index contributed by atoms with van der Waals surface area (Å²) in [6, 6.07) is 19.0. The maximum Gasteiger partial charge on any atom is 0.127 e. The zero-order chi connectivity index (χ0) is 13.2. The molecule has 0 aliphatic rings. The maximum absolute atomic E-state index is 10.1. The van der Waals surface area contributed by atoms with E-state index in [4.69, 9.17) is 0 Å². The van der Waals surface area contributed by atoms with Crippen molar-refractivity contribution in [3.63, 3.8) is 0 Å². The molecule has 0 fully saturated rings. The second kappa shape index (κ2) is 4.65. The van der Waals surface area contributed by atoms with Gasteiger partial charge in [-0.1, -0.05) is 54.6 Å². The molecule has 0 radical (unpaired) electrons. The van der Waals surface area contributed by atoms with Crippen molar-refractivity contribution in [2.45, 2.75) is 6.42 Å². The molecule has 3 rings (SSSR count). The van der Waals surface area contributed by atoms with Gasteiger partial charge in [0.1, 0.15) is 11.5 Å². The van der Waals surface area contributed by atoms with Gasteiger partial charge in [0.25, 0.3) is 0 Å². The average molecular weight is 250 g/mol. The van der Waals surface area contributed by atoms with Crippen LogP contribution in [0.3, 0.4) is 0 Å². The first-order valence-electron chi connectivity index (χ1n) is 6.22. The molecule has 2 heteroatoms. The SMILES string of the molecule is Oc1cc(O)c2ccccc2c1Cc1ccccc1. The van der Waals surface area contributed by atoms with Gasteiger partial charge in [-0.3, -0.25) is 0 Å². The molecule has 0 aromatic heterocycles. The van der Waals surface area contributed by atoms with Crippen molar-refractivity contribution in [3.05, 3.63) is 71.8 Å². The lowest BCUT2D eigenvalue weighted by Crippen LogP contribution is -1.91. The zero-order valence-corrected chi connectivity index (χ0v) is 10.4. The summed E-state index contributed by atoms with van der Waals surface area (Å²) in [7, 11) is 0. The van der Waals surface area contributed by atoms with Crippen LogP contribution in [0, 0.1) is 0 Å². The zero-order valence-electron chi connectivity index (χ0n) is 10.4. The van der Waals surface area contributed by atoms with Gasteiger partial charge in [0.2, 0.25) is 0 Å². The molecule has 2 nitrogen and oxygen atoms in total. The molecule has 94 valence electrons. The molecule has 3 aromatic rings. The highest BCUT2D eigenvalue weighted by molar-refractivity contribution is 5.92. The fourth-order valence-corrected chi connectivity index (χ4v) is 2.39. The van der Waals surface area contributed by atoms with E-state index >= 15 is 0 Å². The second-order valence-electron chi connectivity index (χ2n) is 4.60. The van der Waals surface area contributed by atoms with E-state index in [-0.39, 0.29) is 11.5 Å². The van der Waals surface area contributed by atoms with E-state index in [1.807, 2.05) is 54.6 Å². The highest BCUT2D eigenvalue weighted by Gasteiger charge is 2.11. The predicted molar refractivity (Wildman–Crippen MR) is 76.5 cm³/mol. The van der Waals surface area contributed by atoms with E-state index < -0.39 is 0 Å². The van der Waals surface area contributed by atoms with Crippen LogP contribution in [0.1, 0.15) is 11.1 Å². The minimum absolute atomic E-state index is 0.116. The maximum atomic E-state index is 10.1. The highest BCUT2D eigenvalue weighted by atomic mass is 16.3. The standard InChI is InChI=1S/C17H14O2/c18-16-11-17(19)15(10-12-6-2-1-3-7-12)13-8-4-5-9-14(13)16/h1-9,11,18-19H,10H2. The summed E-state index contributed by atoms with van der Waals surface area (Å²) in [5.74, 6) is 0.255. The molecule has 0 amide bonds. The van der Waals surface area contributed by atoms with E-state index in [0.717, 1.165) is 21.9 Å². The number of benzene rings is 3. The van der Waals surface area contributed by atoms with Crippen LogP contribution in [0.5, 0.6) is 11.5 Å². The lowest BCUT2D eigenvalue weighted by Gasteiger charge is -2.11. The van der Waals surface area contributed by atoms with Crippen molar-refractivity contribution >= 4 is 10.8 Å². The third kappa shape index (κ3) is 2.13. The lowest BCUT2D eigenvalue weighted by molar-refractivity contribution is 0.451. The second-order valence-corrected chi connectivity index (χ2v) is 4.60. The number of phenolic OH excluding ortho intramolecular Hbond substituents is 2. The first-order chi connectivity index (χ1) is 9.25. The lowest BCUT2D eigenvalue weighted by atomic mass is 9.97. The predicted octanol–water partition coefficient (Wildman–Crippen LogP) is 3.84. The Hall–Kier alpha value is -2.48. The Bertz CT molecular complexity index is 718. The van der Waals surface area contributed by atoms with Gasteiger partial charge in [-0.25, -0.2) is 0 Å². The molecule has 0 atom stereocenters. The van der Waals surface area contributed by atoms with Gasteiger partial charge in [0.05, 0.1) is 0 Å². The summed E-state index contributed by atoms with van der Waals surface area (Å²) in [4.78, 5) is 0. The molecule has 0 spiro atoms. The van der Waals surface area contributed by atoms with Gasteiger partial charge in [-0.2, -0.15) is 0 Å². The number of fused-ring (bicyclic) bond motifs is 1. The molecule has 0 unspecified atom stereocenters. The molecule has 0 bridgehead atoms. The third-order valence-electron chi connectivity index (χ3n) is 3.33. The van der Waals surface area contributed by atoms with Crippen LogP contribution in [-0.4, -0.2) is 10.2 Å². The van der Waals surface area contributed by atoms with E-state index in [2.05, 4.69) is 0 Å². The van der Waals surface area contributed by atoms with Crippen molar-refractivity contribution < 1.29 is 10.2 Å². The molecular formula is C17H14O2. The van der Waals surface area contributed by atoms with E-state index in [1.54, 1.807) is 0 Å². The van der Waals surface area contributed by atoms with Crippen LogP contribution in [0.25, 0.3) is 10.8 Å². The monoisotopic (exact) mass is 250 g/mol. The Morgan fingerprint density at radius 2 is 1.32 bits per heavy atom. The highest BCUT2D eigenvalue weighted by Crippen LogP contribution is 2.35. The van der Waals surface area contributed by atoms with Gasteiger partial charge in [-0.15, -0.1) is 0 Å². The molecule has 2 N–H and O–H groups in total. The van der Waals surface area contributed by atoms with Crippen molar-refractivity contribution in [2.24, 2.45) is 0 Å². The van der Waals surface area contributed by atoms with Crippen molar-refractivity contribution in [1.82, 2.24) is 0 Å². The molecule has 0 aliphatic carbocycles. The Kier molecular flexibility index (Phi) is 2.84. The molecular weight excluding hydrogens is 236 g/mol. The van der Waals surface area contributed by atoms with Gasteiger partial charge in [-0.05, 0) is 10.9 Å². The van der Waals surface area contributed by atoms with Crippen molar-refractivity contribution in [3.8, 4) is 11.5 Å². The summed E-state index contributed by atoms with van der Waals surface area (Å²) in [5, 5.41) is 21.6. The van der Waals surface area contributed by atoms with Gasteiger partial charge in [0.15, 0.2) is 0 Å². The number of rotatable bonds is 2. The van der Waals surface area contributed by atoms with Gasteiger partial charge < -0.3 is 10.2 Å². The number of hydrogen-bond donors (Lipinski definition) is 2. The van der Waals surface area contributed by atoms with E-state index in [0.29, 0.717) is 6.42 Å². The molecule has 3 aromatic carbocycles. The van der Waals surface area contributed by atoms with Crippen LogP contribution < -0.4 is 0 Å². The van der Waals surface area contributed by atoms with Gasteiger partial charge >= 0.3 is 0 Å². The Morgan fingerprint density at radius 1 is 0.684 bits per heavy atom. The molecule has 0 aliphatic heterocycles. The number of aromatic hydroxyl groups is 2. The smallest absolute Gasteiger partial charge is 0.127 e. The largest absolute Gasteiger partial charge is 0.507 e.